The first-order chi connectivity index (χ1) is 8.08. The molecule has 0 spiro atoms. The molecule has 17 heavy (non-hydrogen) atoms. The third-order valence-corrected chi connectivity index (χ3v) is 2.23. The number of aliphatic carboxylic acids is 1. The Balaban J connectivity index is 3.03. The molecule has 0 unspecified atom stereocenters. The van der Waals surface area contributed by atoms with E-state index >= 15 is 0 Å². The van der Waals surface area contributed by atoms with E-state index in [0.29, 0.717) is 29.9 Å². The van der Waals surface area contributed by atoms with Crippen LogP contribution in [0.2, 0.25) is 0 Å². The quantitative estimate of drug-likeness (QED) is 0.745. The van der Waals surface area contributed by atoms with Gasteiger partial charge in [0.25, 0.3) is 0 Å². The highest BCUT2D eigenvalue weighted by Gasteiger charge is 2.13. The molecule has 0 aliphatic carbocycles. The lowest BCUT2D eigenvalue weighted by molar-refractivity contribution is -0.139. The van der Waals surface area contributed by atoms with Crippen LogP contribution >= 0.6 is 0 Å². The van der Waals surface area contributed by atoms with Crippen LogP contribution in [0.5, 0.6) is 5.88 Å². The van der Waals surface area contributed by atoms with Gasteiger partial charge in [-0.15, -0.1) is 0 Å². The van der Waals surface area contributed by atoms with Crippen LogP contribution in [-0.2, 0) is 17.6 Å². The Bertz CT molecular complexity index is 407. The Morgan fingerprint density at radius 1 is 1.41 bits per heavy atom. The van der Waals surface area contributed by atoms with Crippen molar-refractivity contribution in [3.05, 3.63) is 17.1 Å². The van der Waals surface area contributed by atoms with E-state index in [1.54, 1.807) is 6.92 Å². The lowest BCUT2D eigenvalue weighted by Crippen LogP contribution is -2.14. The second-order valence-electron chi connectivity index (χ2n) is 3.52. The summed E-state index contributed by atoms with van der Waals surface area (Å²) in [6.07, 6.45) is 0.995. The number of rotatable bonds is 6. The van der Waals surface area contributed by atoms with Crippen molar-refractivity contribution < 1.29 is 19.7 Å². The molecule has 0 aliphatic rings. The highest BCUT2D eigenvalue weighted by Crippen LogP contribution is 2.19. The minimum Gasteiger partial charge on any atom is -0.479 e. The van der Waals surface area contributed by atoms with Gasteiger partial charge >= 0.3 is 5.97 Å². The lowest BCUT2D eigenvalue weighted by Gasteiger charge is -2.11. The van der Waals surface area contributed by atoms with Gasteiger partial charge in [-0.1, -0.05) is 6.92 Å². The van der Waals surface area contributed by atoms with Gasteiger partial charge in [-0.25, -0.2) is 9.78 Å². The Labute approximate surface area is 99.3 Å². The first-order valence-electron chi connectivity index (χ1n) is 5.40. The molecular weight excluding hydrogens is 224 g/mol. The molecule has 0 radical (unpaired) electrons. The first-order valence-corrected chi connectivity index (χ1v) is 5.40. The summed E-state index contributed by atoms with van der Waals surface area (Å²) < 4.78 is 5.11. The number of hydrogen-bond acceptors (Lipinski definition) is 5. The van der Waals surface area contributed by atoms with E-state index in [1.165, 1.54) is 0 Å². The van der Waals surface area contributed by atoms with Gasteiger partial charge in [0.1, 0.15) is 5.82 Å². The molecule has 1 heterocycles. The van der Waals surface area contributed by atoms with Crippen LogP contribution in [0.1, 0.15) is 24.0 Å². The van der Waals surface area contributed by atoms with E-state index in [1.807, 2.05) is 6.92 Å². The number of carbonyl (C=O) groups is 1. The highest BCUT2D eigenvalue weighted by molar-refractivity contribution is 5.68. The molecular formula is C11H16N2O4. The Morgan fingerprint density at radius 2 is 2.12 bits per heavy atom. The Kier molecular flexibility index (Phi) is 4.84. The molecule has 2 N–H and O–H groups in total. The number of carboxylic acid groups (broad SMARTS) is 1. The van der Waals surface area contributed by atoms with Crippen LogP contribution in [0.4, 0.5) is 0 Å². The number of hydrogen-bond donors (Lipinski definition) is 2. The van der Waals surface area contributed by atoms with Crippen molar-refractivity contribution in [2.75, 3.05) is 13.2 Å². The fourth-order valence-electron chi connectivity index (χ4n) is 1.43. The number of carboxylic acids is 1. The monoisotopic (exact) mass is 240 g/mol. The minimum atomic E-state index is -1.06. The normalized spacial score (nSPS) is 10.3. The van der Waals surface area contributed by atoms with E-state index < -0.39 is 12.6 Å². The van der Waals surface area contributed by atoms with Crippen LogP contribution in [0.15, 0.2) is 0 Å². The maximum absolute atomic E-state index is 10.5. The summed E-state index contributed by atoms with van der Waals surface area (Å²) in [5, 5.41) is 17.5. The molecule has 1 aromatic heterocycles. The van der Waals surface area contributed by atoms with E-state index in [9.17, 15) is 4.79 Å². The molecule has 0 atom stereocenters. The number of aryl methyl sites for hydroxylation is 2. The first kappa shape index (κ1) is 13.4. The van der Waals surface area contributed by atoms with Crippen LogP contribution in [-0.4, -0.2) is 39.4 Å². The molecule has 1 rings (SSSR count). The van der Waals surface area contributed by atoms with Crippen molar-refractivity contribution >= 4 is 5.97 Å². The summed E-state index contributed by atoms with van der Waals surface area (Å²) in [6, 6.07) is 0. The Hall–Kier alpha value is -1.69. The highest BCUT2D eigenvalue weighted by atomic mass is 16.5. The molecule has 0 aromatic carbocycles. The number of aliphatic hydroxyl groups excluding tert-OH is 1. The SMILES string of the molecule is CCc1nc(C)c(CCO)c(OCC(=O)O)n1. The van der Waals surface area contributed by atoms with Crippen LogP contribution in [0.25, 0.3) is 0 Å². The molecule has 1 aromatic rings. The largest absolute Gasteiger partial charge is 0.479 e. The third-order valence-electron chi connectivity index (χ3n) is 2.23. The number of aromatic nitrogens is 2. The lowest BCUT2D eigenvalue weighted by atomic mass is 10.1. The number of ether oxygens (including phenoxy) is 1. The van der Waals surface area contributed by atoms with E-state index in [4.69, 9.17) is 14.9 Å². The van der Waals surface area contributed by atoms with Gasteiger partial charge in [-0.05, 0) is 6.92 Å². The van der Waals surface area contributed by atoms with Crippen molar-refractivity contribution in [2.45, 2.75) is 26.7 Å². The van der Waals surface area contributed by atoms with Crippen molar-refractivity contribution in [2.24, 2.45) is 0 Å². The molecule has 0 saturated carbocycles. The smallest absolute Gasteiger partial charge is 0.341 e. The second kappa shape index (κ2) is 6.15. The predicted octanol–water partition coefficient (Wildman–Crippen LogP) is 0.346. The van der Waals surface area contributed by atoms with Gasteiger partial charge in [0.05, 0.1) is 0 Å². The summed E-state index contributed by atoms with van der Waals surface area (Å²) in [4.78, 5) is 18.8. The molecule has 0 saturated heterocycles. The van der Waals surface area contributed by atoms with Gasteiger partial charge in [-0.3, -0.25) is 0 Å². The molecule has 0 amide bonds. The van der Waals surface area contributed by atoms with Crippen molar-refractivity contribution in [3.63, 3.8) is 0 Å². The molecule has 6 nitrogen and oxygen atoms in total. The zero-order valence-electron chi connectivity index (χ0n) is 9.93. The van der Waals surface area contributed by atoms with Gasteiger partial charge in [0.2, 0.25) is 5.88 Å². The molecule has 0 bridgehead atoms. The predicted molar refractivity (Wildman–Crippen MR) is 60.1 cm³/mol. The number of aliphatic hydroxyl groups is 1. The van der Waals surface area contributed by atoms with Crippen molar-refractivity contribution in [1.82, 2.24) is 9.97 Å². The van der Waals surface area contributed by atoms with E-state index in [-0.39, 0.29) is 12.5 Å². The van der Waals surface area contributed by atoms with Gasteiger partial charge in [-0.2, -0.15) is 4.98 Å². The van der Waals surface area contributed by atoms with Crippen molar-refractivity contribution in [3.8, 4) is 5.88 Å². The van der Waals surface area contributed by atoms with Crippen LogP contribution < -0.4 is 4.74 Å². The van der Waals surface area contributed by atoms with Crippen LogP contribution in [0.3, 0.4) is 0 Å². The number of nitrogens with zero attached hydrogens (tertiary/aromatic N) is 2. The van der Waals surface area contributed by atoms with E-state index in [2.05, 4.69) is 9.97 Å². The summed E-state index contributed by atoms with van der Waals surface area (Å²) in [5.41, 5.74) is 1.37. The topological polar surface area (TPSA) is 92.5 Å². The van der Waals surface area contributed by atoms with Gasteiger partial charge in [0.15, 0.2) is 6.61 Å². The second-order valence-corrected chi connectivity index (χ2v) is 3.52. The fraction of sp³-hybridized carbons (Fsp3) is 0.545. The maximum Gasteiger partial charge on any atom is 0.341 e. The summed E-state index contributed by atoms with van der Waals surface area (Å²) in [5.74, 6) is -0.204. The Morgan fingerprint density at radius 3 is 2.65 bits per heavy atom. The third kappa shape index (κ3) is 3.67. The molecule has 0 aliphatic heterocycles. The van der Waals surface area contributed by atoms with Crippen LogP contribution in [0, 0.1) is 6.92 Å². The average Bonchev–Trinajstić information content (AvgIpc) is 2.29. The summed E-state index contributed by atoms with van der Waals surface area (Å²) in [7, 11) is 0. The minimum absolute atomic E-state index is 0.0564. The van der Waals surface area contributed by atoms with Gasteiger partial charge in [0, 0.05) is 30.7 Å². The molecule has 0 fully saturated rings. The van der Waals surface area contributed by atoms with Gasteiger partial charge < -0.3 is 14.9 Å². The fourth-order valence-corrected chi connectivity index (χ4v) is 1.43. The molecule has 94 valence electrons. The van der Waals surface area contributed by atoms with Crippen molar-refractivity contribution in [1.29, 1.82) is 0 Å². The maximum atomic E-state index is 10.5. The zero-order chi connectivity index (χ0) is 12.8. The zero-order valence-corrected chi connectivity index (χ0v) is 9.93. The standard InChI is InChI=1S/C11H16N2O4/c1-3-9-12-7(2)8(4-5-14)11(13-9)17-6-10(15)16/h14H,3-6H2,1-2H3,(H,15,16). The average molecular weight is 240 g/mol. The van der Waals surface area contributed by atoms with E-state index in [0.717, 1.165) is 0 Å². The summed E-state index contributed by atoms with van der Waals surface area (Å²) >= 11 is 0. The summed E-state index contributed by atoms with van der Waals surface area (Å²) in [6.45, 7) is 3.19. The molecule has 6 heteroatoms.